The molecule has 0 atom stereocenters. The maximum absolute atomic E-state index is 13.2. The molecule has 4 rings (SSSR count). The van der Waals surface area contributed by atoms with Crippen molar-refractivity contribution >= 4 is 26.6 Å². The number of methoxy groups -OCH3 is 3. The molecular formula is C26H27N3O6S. The molecule has 0 aliphatic carbocycles. The monoisotopic (exact) mass is 509 g/mol. The summed E-state index contributed by atoms with van der Waals surface area (Å²) < 4.78 is 45.1. The second-order valence-electron chi connectivity index (χ2n) is 8.09. The van der Waals surface area contributed by atoms with Crippen LogP contribution in [0.4, 0.5) is 5.69 Å². The second kappa shape index (κ2) is 9.90. The van der Waals surface area contributed by atoms with Crippen LogP contribution in [0, 0.1) is 6.92 Å². The van der Waals surface area contributed by atoms with Crippen molar-refractivity contribution in [2.75, 3.05) is 32.7 Å². The predicted octanol–water partition coefficient (Wildman–Crippen LogP) is 3.69. The third-order valence-corrected chi connectivity index (χ3v) is 7.65. The highest BCUT2D eigenvalue weighted by molar-refractivity contribution is 7.92. The van der Waals surface area contributed by atoms with Gasteiger partial charge in [-0.25, -0.2) is 13.4 Å². The summed E-state index contributed by atoms with van der Waals surface area (Å²) in [4.78, 5) is 17.6. The molecule has 9 nitrogen and oxygen atoms in total. The molecule has 10 heteroatoms. The van der Waals surface area contributed by atoms with E-state index in [2.05, 4.69) is 4.98 Å². The van der Waals surface area contributed by atoms with Gasteiger partial charge < -0.3 is 14.2 Å². The molecule has 0 fully saturated rings. The summed E-state index contributed by atoms with van der Waals surface area (Å²) >= 11 is 0. The number of aryl methyl sites for hydroxylation is 1. The minimum atomic E-state index is -3.76. The molecule has 0 aliphatic heterocycles. The molecule has 1 aromatic heterocycles. The molecule has 0 bridgehead atoms. The maximum atomic E-state index is 13.2. The van der Waals surface area contributed by atoms with Crippen LogP contribution in [0.25, 0.3) is 16.6 Å². The number of sulfonamides is 1. The minimum absolute atomic E-state index is 0.186. The van der Waals surface area contributed by atoms with E-state index in [0.29, 0.717) is 50.9 Å². The van der Waals surface area contributed by atoms with Crippen LogP contribution >= 0.6 is 0 Å². The van der Waals surface area contributed by atoms with Crippen LogP contribution in [0.5, 0.6) is 17.2 Å². The van der Waals surface area contributed by atoms with Crippen molar-refractivity contribution in [3.63, 3.8) is 0 Å². The Morgan fingerprint density at radius 3 is 2.11 bits per heavy atom. The number of aromatic nitrogens is 2. The molecule has 0 amide bonds. The number of anilines is 1. The molecule has 0 saturated carbocycles. The summed E-state index contributed by atoms with van der Waals surface area (Å²) in [5.41, 5.74) is 1.97. The number of hydrogen-bond donors (Lipinski definition) is 0. The van der Waals surface area contributed by atoms with Crippen LogP contribution in [-0.4, -0.2) is 46.3 Å². The fraction of sp³-hybridized carbons (Fsp3) is 0.231. The van der Waals surface area contributed by atoms with Gasteiger partial charge in [-0.2, -0.15) is 0 Å². The van der Waals surface area contributed by atoms with E-state index in [1.807, 2.05) is 6.07 Å². The lowest BCUT2D eigenvalue weighted by Gasteiger charge is -2.21. The Labute approximate surface area is 209 Å². The second-order valence-corrected chi connectivity index (χ2v) is 10.1. The first-order valence-corrected chi connectivity index (χ1v) is 12.7. The van der Waals surface area contributed by atoms with Crippen LogP contribution in [0.2, 0.25) is 0 Å². The molecule has 1 heterocycles. The molecule has 36 heavy (non-hydrogen) atoms. The van der Waals surface area contributed by atoms with Crippen molar-refractivity contribution in [3.8, 4) is 22.9 Å². The fourth-order valence-corrected chi connectivity index (χ4v) is 5.27. The van der Waals surface area contributed by atoms with Crippen molar-refractivity contribution < 1.29 is 22.6 Å². The van der Waals surface area contributed by atoms with Crippen molar-refractivity contribution in [3.05, 3.63) is 82.4 Å². The first-order chi connectivity index (χ1) is 17.2. The summed E-state index contributed by atoms with van der Waals surface area (Å²) in [6.45, 7) is 1.76. The first kappa shape index (κ1) is 25.1. The van der Waals surface area contributed by atoms with Crippen molar-refractivity contribution in [1.29, 1.82) is 0 Å². The topological polar surface area (TPSA) is 100.0 Å². The third-order valence-electron chi connectivity index (χ3n) is 5.91. The Morgan fingerprint density at radius 2 is 1.53 bits per heavy atom. The van der Waals surface area contributed by atoms with Gasteiger partial charge >= 0.3 is 0 Å². The van der Waals surface area contributed by atoms with Gasteiger partial charge in [0, 0.05) is 7.05 Å². The molecule has 4 aromatic rings. The molecule has 0 spiro atoms. The van der Waals surface area contributed by atoms with Gasteiger partial charge in [0.1, 0.15) is 5.82 Å². The first-order valence-electron chi connectivity index (χ1n) is 11.0. The Balaban J connectivity index is 1.64. The van der Waals surface area contributed by atoms with Gasteiger partial charge in [-0.3, -0.25) is 13.7 Å². The van der Waals surface area contributed by atoms with E-state index in [-0.39, 0.29) is 11.3 Å². The molecule has 0 unspecified atom stereocenters. The Morgan fingerprint density at radius 1 is 0.917 bits per heavy atom. The molecule has 0 N–H and O–H groups in total. The average Bonchev–Trinajstić information content (AvgIpc) is 2.87. The van der Waals surface area contributed by atoms with E-state index in [9.17, 15) is 13.2 Å². The highest BCUT2D eigenvalue weighted by Gasteiger charge is 2.22. The van der Waals surface area contributed by atoms with E-state index < -0.39 is 10.0 Å². The van der Waals surface area contributed by atoms with Gasteiger partial charge in [0.15, 0.2) is 11.5 Å². The van der Waals surface area contributed by atoms with Gasteiger partial charge in [0.25, 0.3) is 5.56 Å². The Bertz CT molecular complexity index is 1560. The summed E-state index contributed by atoms with van der Waals surface area (Å²) in [5.74, 6) is 1.39. The van der Waals surface area contributed by atoms with Crippen LogP contribution in [-0.2, 0) is 15.8 Å². The number of rotatable bonds is 8. The molecule has 188 valence electrons. The molecular weight excluding hydrogens is 482 g/mol. The Kier molecular flexibility index (Phi) is 6.89. The van der Waals surface area contributed by atoms with Crippen molar-refractivity contribution in [1.82, 2.24) is 9.55 Å². The number of ether oxygens (including phenoxy) is 3. The van der Waals surface area contributed by atoms with Crippen LogP contribution in [0.3, 0.4) is 0 Å². The number of benzene rings is 3. The summed E-state index contributed by atoms with van der Waals surface area (Å²) in [5, 5.41) is 0.511. The van der Waals surface area contributed by atoms with E-state index in [1.165, 1.54) is 37.2 Å². The van der Waals surface area contributed by atoms with E-state index in [4.69, 9.17) is 14.2 Å². The summed E-state index contributed by atoms with van der Waals surface area (Å²) in [7, 11) is 2.16. The van der Waals surface area contributed by atoms with Crippen molar-refractivity contribution in [2.24, 2.45) is 0 Å². The zero-order valence-corrected chi connectivity index (χ0v) is 21.5. The lowest BCUT2D eigenvalue weighted by molar-refractivity contribution is 0.324. The molecule has 3 aromatic carbocycles. The van der Waals surface area contributed by atoms with Gasteiger partial charge in [0.2, 0.25) is 15.8 Å². The number of para-hydroxylation sites is 1. The van der Waals surface area contributed by atoms with E-state index in [0.717, 1.165) is 0 Å². The lowest BCUT2D eigenvalue weighted by Crippen LogP contribution is -2.28. The third kappa shape index (κ3) is 4.59. The predicted molar refractivity (Wildman–Crippen MR) is 139 cm³/mol. The summed E-state index contributed by atoms with van der Waals surface area (Å²) in [6.07, 6.45) is 0. The fourth-order valence-electron chi connectivity index (χ4n) is 4.05. The SMILES string of the molecule is COc1cc(CS(=O)(=O)N(C)c2ccc(-n3c(C)nc4ccccc4c3=O)cc2)cc(OC)c1OC. The summed E-state index contributed by atoms with van der Waals surface area (Å²) in [6, 6.07) is 17.1. The number of nitrogens with zero attached hydrogens (tertiary/aromatic N) is 3. The number of fused-ring (bicyclic) bond motifs is 1. The molecule has 0 aliphatic rings. The zero-order chi connectivity index (χ0) is 26.0. The standard InChI is InChI=1S/C26H27N3O6S/c1-17-27-22-9-7-6-8-21(22)26(30)29(17)20-12-10-19(11-13-20)28(2)36(31,32)16-18-14-23(33-3)25(35-5)24(15-18)34-4/h6-15H,16H2,1-5H3. The minimum Gasteiger partial charge on any atom is -0.493 e. The van der Waals surface area contributed by atoms with E-state index in [1.54, 1.807) is 61.5 Å². The van der Waals surface area contributed by atoms with Gasteiger partial charge in [-0.15, -0.1) is 0 Å². The quantitative estimate of drug-likeness (QED) is 0.357. The smallest absolute Gasteiger partial charge is 0.265 e. The van der Waals surface area contributed by atoms with Gasteiger partial charge in [0.05, 0.1) is 49.4 Å². The van der Waals surface area contributed by atoms with Crippen LogP contribution < -0.4 is 24.1 Å². The largest absolute Gasteiger partial charge is 0.493 e. The molecule has 0 saturated heterocycles. The number of hydrogen-bond acceptors (Lipinski definition) is 7. The van der Waals surface area contributed by atoms with Crippen LogP contribution in [0.1, 0.15) is 11.4 Å². The molecule has 0 radical (unpaired) electrons. The normalized spacial score (nSPS) is 11.4. The highest BCUT2D eigenvalue weighted by atomic mass is 32.2. The van der Waals surface area contributed by atoms with Gasteiger partial charge in [-0.05, 0) is 61.0 Å². The van der Waals surface area contributed by atoms with Gasteiger partial charge in [-0.1, -0.05) is 12.1 Å². The Hall–Kier alpha value is -4.05. The maximum Gasteiger partial charge on any atom is 0.265 e. The average molecular weight is 510 g/mol. The lowest BCUT2D eigenvalue weighted by atomic mass is 10.2. The van der Waals surface area contributed by atoms with E-state index >= 15 is 0 Å². The zero-order valence-electron chi connectivity index (χ0n) is 20.7. The van der Waals surface area contributed by atoms with Crippen molar-refractivity contribution in [2.45, 2.75) is 12.7 Å². The highest BCUT2D eigenvalue weighted by Crippen LogP contribution is 2.39. The van der Waals surface area contributed by atoms with Crippen LogP contribution in [0.15, 0.2) is 65.5 Å².